The van der Waals surface area contributed by atoms with Crippen molar-refractivity contribution in [2.24, 2.45) is 5.14 Å². The van der Waals surface area contributed by atoms with Crippen LogP contribution in [0.1, 0.15) is 6.42 Å². The summed E-state index contributed by atoms with van der Waals surface area (Å²) < 4.78 is 50.6. The summed E-state index contributed by atoms with van der Waals surface area (Å²) in [6.07, 6.45) is 0.751. The van der Waals surface area contributed by atoms with E-state index in [2.05, 4.69) is 4.72 Å². The minimum atomic E-state index is -3.93. The first-order valence-corrected chi connectivity index (χ1v) is 9.50. The molecule has 2 rings (SSSR count). The molecule has 9 heteroatoms. The Labute approximate surface area is 125 Å². The third kappa shape index (κ3) is 4.01. The minimum Gasteiger partial charge on any atom is -0.327 e. The van der Waals surface area contributed by atoms with Gasteiger partial charge in [0.1, 0.15) is 0 Å². The van der Waals surface area contributed by atoms with Gasteiger partial charge in [-0.05, 0) is 18.2 Å². The van der Waals surface area contributed by atoms with E-state index in [1.165, 1.54) is 18.2 Å². The SMILES string of the molecule is C[N+]1(C)CCC(NS(=O)(=O)c2cccc(S(N)(=O)=O)c2)C1. The summed E-state index contributed by atoms with van der Waals surface area (Å²) in [4.78, 5) is -0.306. The summed E-state index contributed by atoms with van der Waals surface area (Å²) in [6, 6.07) is 4.91. The quantitative estimate of drug-likeness (QED) is 0.721. The Morgan fingerprint density at radius 3 is 2.33 bits per heavy atom. The van der Waals surface area contributed by atoms with Crippen LogP contribution in [0.15, 0.2) is 34.1 Å². The number of nitrogens with zero attached hydrogens (tertiary/aromatic N) is 1. The average molecular weight is 334 g/mol. The van der Waals surface area contributed by atoms with Crippen LogP contribution in [0.5, 0.6) is 0 Å². The maximum absolute atomic E-state index is 12.3. The summed E-state index contributed by atoms with van der Waals surface area (Å²) in [5.41, 5.74) is 0. The molecule has 0 radical (unpaired) electrons. The number of nitrogens with one attached hydrogen (secondary N) is 1. The van der Waals surface area contributed by atoms with Crippen molar-refractivity contribution in [3.63, 3.8) is 0 Å². The highest BCUT2D eigenvalue weighted by atomic mass is 32.2. The number of primary sulfonamides is 1. The molecule has 1 atom stereocenters. The lowest BCUT2D eigenvalue weighted by Gasteiger charge is -2.23. The molecular weight excluding hydrogens is 314 g/mol. The number of quaternary nitrogens is 1. The number of hydrogen-bond acceptors (Lipinski definition) is 4. The lowest BCUT2D eigenvalue weighted by Crippen LogP contribution is -2.42. The monoisotopic (exact) mass is 334 g/mol. The van der Waals surface area contributed by atoms with E-state index >= 15 is 0 Å². The van der Waals surface area contributed by atoms with Crippen LogP contribution < -0.4 is 9.86 Å². The predicted octanol–water partition coefficient (Wildman–Crippen LogP) is -0.539. The molecule has 1 aliphatic rings. The van der Waals surface area contributed by atoms with Crippen LogP contribution in [-0.4, -0.2) is 54.5 Å². The smallest absolute Gasteiger partial charge is 0.241 e. The summed E-state index contributed by atoms with van der Waals surface area (Å²) in [7, 11) is -3.61. The molecule has 0 amide bonds. The van der Waals surface area contributed by atoms with Gasteiger partial charge in [-0.2, -0.15) is 0 Å². The van der Waals surface area contributed by atoms with E-state index in [1.807, 2.05) is 14.1 Å². The highest BCUT2D eigenvalue weighted by Gasteiger charge is 2.33. The van der Waals surface area contributed by atoms with Gasteiger partial charge in [-0.1, -0.05) is 6.07 Å². The molecule has 7 nitrogen and oxygen atoms in total. The van der Waals surface area contributed by atoms with E-state index in [4.69, 9.17) is 5.14 Å². The van der Waals surface area contributed by atoms with Crippen LogP contribution in [-0.2, 0) is 20.0 Å². The Bertz CT molecular complexity index is 742. The normalized spacial score (nSPS) is 22.3. The maximum Gasteiger partial charge on any atom is 0.241 e. The second-order valence-corrected chi connectivity index (χ2v) is 9.24. The van der Waals surface area contributed by atoms with Gasteiger partial charge in [-0.15, -0.1) is 0 Å². The zero-order valence-corrected chi connectivity index (χ0v) is 13.6. The number of likely N-dealkylation sites (tertiary alicyclic amines) is 1. The van der Waals surface area contributed by atoms with Crippen molar-refractivity contribution in [3.8, 4) is 0 Å². The first-order chi connectivity index (χ1) is 9.50. The van der Waals surface area contributed by atoms with Gasteiger partial charge >= 0.3 is 0 Å². The lowest BCUT2D eigenvalue weighted by atomic mass is 10.3. The molecule has 1 aliphatic heterocycles. The van der Waals surface area contributed by atoms with Crippen LogP contribution in [0.25, 0.3) is 0 Å². The van der Waals surface area contributed by atoms with Gasteiger partial charge in [0.2, 0.25) is 20.0 Å². The van der Waals surface area contributed by atoms with E-state index in [0.29, 0.717) is 6.54 Å². The summed E-state index contributed by atoms with van der Waals surface area (Å²) in [5, 5.41) is 5.02. The van der Waals surface area contributed by atoms with Crippen molar-refractivity contribution in [2.75, 3.05) is 27.2 Å². The zero-order valence-electron chi connectivity index (χ0n) is 12.0. The molecule has 0 spiro atoms. The van der Waals surface area contributed by atoms with E-state index in [-0.39, 0.29) is 15.8 Å². The topological polar surface area (TPSA) is 106 Å². The average Bonchev–Trinajstić information content (AvgIpc) is 2.67. The first kappa shape index (κ1) is 16.4. The third-order valence-corrected chi connectivity index (χ3v) is 5.99. The van der Waals surface area contributed by atoms with E-state index in [1.54, 1.807) is 0 Å². The van der Waals surface area contributed by atoms with E-state index < -0.39 is 20.0 Å². The molecule has 1 unspecified atom stereocenters. The summed E-state index contributed by atoms with van der Waals surface area (Å²) in [5.74, 6) is 0. The Kier molecular flexibility index (Phi) is 4.15. The fraction of sp³-hybridized carbons (Fsp3) is 0.500. The first-order valence-electron chi connectivity index (χ1n) is 6.47. The number of nitrogens with two attached hydrogens (primary N) is 1. The number of hydrogen-bond donors (Lipinski definition) is 2. The summed E-state index contributed by atoms with van der Waals surface area (Å²) >= 11 is 0. The van der Waals surface area contributed by atoms with Crippen molar-refractivity contribution in [2.45, 2.75) is 22.3 Å². The maximum atomic E-state index is 12.3. The highest BCUT2D eigenvalue weighted by molar-refractivity contribution is 7.90. The second-order valence-electron chi connectivity index (χ2n) is 5.97. The third-order valence-electron chi connectivity index (χ3n) is 3.56. The number of likely N-dealkylation sites (N-methyl/N-ethyl adjacent to an activating group) is 1. The van der Waals surface area contributed by atoms with Crippen LogP contribution in [0.2, 0.25) is 0 Å². The molecule has 1 fully saturated rings. The van der Waals surface area contributed by atoms with E-state index in [9.17, 15) is 16.8 Å². The van der Waals surface area contributed by atoms with Crippen molar-refractivity contribution in [3.05, 3.63) is 24.3 Å². The molecule has 0 saturated carbocycles. The second kappa shape index (κ2) is 5.33. The zero-order chi connectivity index (χ0) is 15.9. The fourth-order valence-corrected chi connectivity index (χ4v) is 4.43. The molecule has 1 aromatic rings. The largest absolute Gasteiger partial charge is 0.327 e. The van der Waals surface area contributed by atoms with Crippen LogP contribution in [0.3, 0.4) is 0 Å². The van der Waals surface area contributed by atoms with Crippen LogP contribution in [0.4, 0.5) is 0 Å². The number of rotatable bonds is 4. The number of benzene rings is 1. The van der Waals surface area contributed by atoms with Crippen molar-refractivity contribution in [1.82, 2.24) is 4.72 Å². The molecule has 0 bridgehead atoms. The van der Waals surface area contributed by atoms with Gasteiger partial charge in [-0.3, -0.25) is 0 Å². The fourth-order valence-electron chi connectivity index (χ4n) is 2.49. The Morgan fingerprint density at radius 1 is 1.19 bits per heavy atom. The molecule has 0 aromatic heterocycles. The highest BCUT2D eigenvalue weighted by Crippen LogP contribution is 2.19. The molecular formula is C12H20N3O4S2+. The molecule has 1 aromatic carbocycles. The predicted molar refractivity (Wildman–Crippen MR) is 78.4 cm³/mol. The van der Waals surface area contributed by atoms with Gasteiger partial charge in [-0.25, -0.2) is 26.7 Å². The van der Waals surface area contributed by atoms with Crippen molar-refractivity contribution < 1.29 is 21.3 Å². The summed E-state index contributed by atoms with van der Waals surface area (Å²) in [6.45, 7) is 1.60. The lowest BCUT2D eigenvalue weighted by molar-refractivity contribution is -0.878. The molecule has 1 heterocycles. The van der Waals surface area contributed by atoms with Crippen LogP contribution >= 0.6 is 0 Å². The van der Waals surface area contributed by atoms with Crippen LogP contribution in [0, 0.1) is 0 Å². The molecule has 3 N–H and O–H groups in total. The Hall–Kier alpha value is -1.00. The van der Waals surface area contributed by atoms with E-state index in [0.717, 1.165) is 23.5 Å². The van der Waals surface area contributed by atoms with Gasteiger partial charge < -0.3 is 4.48 Å². The minimum absolute atomic E-state index is 0.0915. The Balaban J connectivity index is 2.25. The van der Waals surface area contributed by atoms with Crippen molar-refractivity contribution >= 4 is 20.0 Å². The molecule has 118 valence electrons. The van der Waals surface area contributed by atoms with Gasteiger partial charge in [0.25, 0.3) is 0 Å². The van der Waals surface area contributed by atoms with Gasteiger partial charge in [0.15, 0.2) is 0 Å². The molecule has 21 heavy (non-hydrogen) atoms. The number of sulfonamides is 2. The molecule has 1 saturated heterocycles. The molecule has 0 aliphatic carbocycles. The Morgan fingerprint density at radius 2 is 1.81 bits per heavy atom. The standard InChI is InChI=1S/C12H20N3O4S2/c1-15(2)7-6-10(9-15)14-21(18,19)12-5-3-4-11(8-12)20(13,16)17/h3-5,8,10,14H,6-7,9H2,1-2H3,(H2,13,16,17)/q+1. The van der Waals surface area contributed by atoms with Gasteiger partial charge in [0, 0.05) is 6.42 Å². The van der Waals surface area contributed by atoms with Gasteiger partial charge in [0.05, 0.1) is 43.0 Å². The van der Waals surface area contributed by atoms with Crippen molar-refractivity contribution in [1.29, 1.82) is 0 Å².